The van der Waals surface area contributed by atoms with Gasteiger partial charge in [-0.3, -0.25) is 14.7 Å². The Hall–Kier alpha value is -0.710. The molecule has 1 saturated heterocycles. The molecule has 0 aromatic heterocycles. The van der Waals surface area contributed by atoms with Crippen LogP contribution in [0, 0.1) is 0 Å². The van der Waals surface area contributed by atoms with Crippen molar-refractivity contribution in [1.82, 2.24) is 20.9 Å². The van der Waals surface area contributed by atoms with E-state index in [1.165, 1.54) is 5.56 Å². The predicted octanol–water partition coefficient (Wildman–Crippen LogP) is 3.13. The van der Waals surface area contributed by atoms with Crippen molar-refractivity contribution in [3.63, 3.8) is 0 Å². The summed E-state index contributed by atoms with van der Waals surface area (Å²) >= 11 is 7.92. The predicted molar refractivity (Wildman–Crippen MR) is 136 cm³/mol. The number of carbonyl (C=O) groups excluding carboxylic acids is 1. The van der Waals surface area contributed by atoms with E-state index in [-0.39, 0.29) is 35.1 Å². The van der Waals surface area contributed by atoms with Crippen molar-refractivity contribution in [2.24, 2.45) is 4.99 Å². The lowest BCUT2D eigenvalue weighted by Crippen LogP contribution is -2.50. The maximum Gasteiger partial charge on any atom is 0.233 e. The summed E-state index contributed by atoms with van der Waals surface area (Å²) in [7, 11) is 1.68. The van der Waals surface area contributed by atoms with Crippen LogP contribution in [0.15, 0.2) is 29.3 Å². The van der Waals surface area contributed by atoms with Crippen molar-refractivity contribution in [1.29, 1.82) is 0 Å². The highest BCUT2D eigenvalue weighted by Crippen LogP contribution is 2.28. The van der Waals surface area contributed by atoms with Gasteiger partial charge >= 0.3 is 0 Å². The van der Waals surface area contributed by atoms with Gasteiger partial charge < -0.3 is 16.0 Å². The molecule has 1 aromatic rings. The van der Waals surface area contributed by atoms with Crippen LogP contribution in [0.4, 0.5) is 0 Å². The van der Waals surface area contributed by atoms with Gasteiger partial charge in [-0.1, -0.05) is 23.7 Å². The van der Waals surface area contributed by atoms with E-state index < -0.39 is 0 Å². The summed E-state index contributed by atoms with van der Waals surface area (Å²) in [4.78, 5) is 18.5. The minimum absolute atomic E-state index is 0. The molecule has 1 aromatic carbocycles. The van der Waals surface area contributed by atoms with Gasteiger partial charge in [-0.2, -0.15) is 11.8 Å². The number of nitrogens with one attached hydrogen (secondary N) is 3. The zero-order chi connectivity index (χ0) is 20.4. The Morgan fingerprint density at radius 3 is 2.69 bits per heavy atom. The number of hydrogen-bond acceptors (Lipinski definition) is 4. The van der Waals surface area contributed by atoms with Gasteiger partial charge in [0.1, 0.15) is 0 Å². The van der Waals surface area contributed by atoms with Gasteiger partial charge in [0.25, 0.3) is 0 Å². The number of thioether (sulfide) groups is 1. The number of piperidine rings is 1. The van der Waals surface area contributed by atoms with E-state index in [1.54, 1.807) is 18.8 Å². The average Bonchev–Trinajstić information content (AvgIpc) is 2.70. The Labute approximate surface area is 201 Å². The molecule has 1 aliphatic heterocycles. The normalized spacial score (nSPS) is 16.6. The van der Waals surface area contributed by atoms with Crippen LogP contribution in [0.25, 0.3) is 0 Å². The largest absolute Gasteiger partial charge is 0.358 e. The molecule has 0 bridgehead atoms. The van der Waals surface area contributed by atoms with Gasteiger partial charge in [0, 0.05) is 43.0 Å². The SMILES string of the molecule is CCNC(=NCC(SC)c1cccc(Cl)c1)NC1CCN(CC(=O)NC)CC1.I. The summed E-state index contributed by atoms with van der Waals surface area (Å²) in [5.74, 6) is 0.929. The van der Waals surface area contributed by atoms with Gasteiger partial charge in [-0.25, -0.2) is 0 Å². The summed E-state index contributed by atoms with van der Waals surface area (Å²) in [6, 6.07) is 8.37. The lowest BCUT2D eigenvalue weighted by Gasteiger charge is -2.32. The molecule has 6 nitrogen and oxygen atoms in total. The van der Waals surface area contributed by atoms with Gasteiger partial charge in [0.05, 0.1) is 13.1 Å². The van der Waals surface area contributed by atoms with Gasteiger partial charge in [-0.05, 0) is 43.7 Å². The first-order valence-electron chi connectivity index (χ1n) is 9.81. The van der Waals surface area contributed by atoms with Crippen LogP contribution < -0.4 is 16.0 Å². The molecule has 9 heteroatoms. The molecule has 164 valence electrons. The van der Waals surface area contributed by atoms with Crippen molar-refractivity contribution < 1.29 is 4.79 Å². The lowest BCUT2D eigenvalue weighted by molar-refractivity contribution is -0.122. The number of guanidine groups is 1. The van der Waals surface area contributed by atoms with E-state index in [9.17, 15) is 4.79 Å². The summed E-state index contributed by atoms with van der Waals surface area (Å²) in [6.07, 6.45) is 4.10. The summed E-state index contributed by atoms with van der Waals surface area (Å²) in [5, 5.41) is 10.6. The van der Waals surface area contributed by atoms with Crippen LogP contribution in [0.5, 0.6) is 0 Å². The van der Waals surface area contributed by atoms with Crippen molar-refractivity contribution in [2.45, 2.75) is 31.1 Å². The molecule has 1 unspecified atom stereocenters. The fourth-order valence-corrected chi connectivity index (χ4v) is 4.07. The fourth-order valence-electron chi connectivity index (χ4n) is 3.23. The van der Waals surface area contributed by atoms with Crippen LogP contribution in [0.2, 0.25) is 5.02 Å². The second kappa shape index (κ2) is 14.3. The highest BCUT2D eigenvalue weighted by molar-refractivity contribution is 14.0. The van der Waals surface area contributed by atoms with Crippen molar-refractivity contribution in [3.05, 3.63) is 34.9 Å². The van der Waals surface area contributed by atoms with Crippen molar-refractivity contribution in [3.8, 4) is 0 Å². The highest BCUT2D eigenvalue weighted by Gasteiger charge is 2.21. The molecule has 3 N–H and O–H groups in total. The number of benzene rings is 1. The topological polar surface area (TPSA) is 68.8 Å². The summed E-state index contributed by atoms with van der Waals surface area (Å²) in [5.41, 5.74) is 1.20. The Balaban J connectivity index is 0.00000420. The Kier molecular flexibility index (Phi) is 13.0. The van der Waals surface area contributed by atoms with Gasteiger partial charge in [0.15, 0.2) is 5.96 Å². The first-order chi connectivity index (χ1) is 13.5. The maximum atomic E-state index is 11.5. The Bertz CT molecular complexity index is 656. The third kappa shape index (κ3) is 9.31. The third-order valence-electron chi connectivity index (χ3n) is 4.84. The second-order valence-corrected chi connectivity index (χ2v) is 8.34. The van der Waals surface area contributed by atoms with E-state index in [4.69, 9.17) is 16.6 Å². The minimum Gasteiger partial charge on any atom is -0.358 e. The summed E-state index contributed by atoms with van der Waals surface area (Å²) < 4.78 is 0. The molecular weight excluding hydrogens is 521 g/mol. The molecule has 1 fully saturated rings. The number of nitrogens with zero attached hydrogens (tertiary/aromatic N) is 2. The fraction of sp³-hybridized carbons (Fsp3) is 0.600. The van der Waals surface area contributed by atoms with Crippen LogP contribution in [0.1, 0.15) is 30.6 Å². The lowest BCUT2D eigenvalue weighted by atomic mass is 10.1. The Morgan fingerprint density at radius 2 is 2.10 bits per heavy atom. The van der Waals surface area contributed by atoms with E-state index in [0.717, 1.165) is 43.5 Å². The number of halogens is 2. The molecule has 1 atom stereocenters. The number of aliphatic imine (C=N–C) groups is 1. The summed E-state index contributed by atoms with van der Waals surface area (Å²) in [6.45, 7) is 5.90. The van der Waals surface area contributed by atoms with Crippen LogP contribution in [-0.4, -0.2) is 68.8 Å². The van der Waals surface area contributed by atoms with Gasteiger partial charge in [-0.15, -0.1) is 24.0 Å². The minimum atomic E-state index is 0. The molecule has 1 heterocycles. The number of amides is 1. The first-order valence-corrected chi connectivity index (χ1v) is 11.5. The molecule has 0 radical (unpaired) electrons. The molecular formula is C20H33ClIN5OS. The zero-order valence-corrected chi connectivity index (χ0v) is 21.3. The second-order valence-electron chi connectivity index (χ2n) is 6.87. The molecule has 29 heavy (non-hydrogen) atoms. The average molecular weight is 554 g/mol. The standard InChI is InChI=1S/C20H32ClN5OS.HI/c1-4-23-20(24-13-18(28-3)15-6-5-7-16(21)12-15)25-17-8-10-26(11-9-17)14-19(27)22-2;/h5-7,12,17-18H,4,8-11,13-14H2,1-3H3,(H,22,27)(H2,23,24,25);1H. The quantitative estimate of drug-likeness (QED) is 0.262. The van der Waals surface area contributed by atoms with E-state index in [0.29, 0.717) is 19.1 Å². The number of hydrogen-bond donors (Lipinski definition) is 3. The van der Waals surface area contributed by atoms with E-state index >= 15 is 0 Å². The number of likely N-dealkylation sites (tertiary alicyclic amines) is 1. The van der Waals surface area contributed by atoms with E-state index in [2.05, 4.69) is 40.1 Å². The monoisotopic (exact) mass is 553 g/mol. The van der Waals surface area contributed by atoms with Crippen molar-refractivity contribution in [2.75, 3.05) is 46.0 Å². The third-order valence-corrected chi connectivity index (χ3v) is 6.06. The molecule has 0 spiro atoms. The van der Waals surface area contributed by atoms with Crippen LogP contribution in [-0.2, 0) is 4.79 Å². The molecule has 0 saturated carbocycles. The Morgan fingerprint density at radius 1 is 1.38 bits per heavy atom. The van der Waals surface area contributed by atoms with Gasteiger partial charge in [0.2, 0.25) is 5.91 Å². The van der Waals surface area contributed by atoms with E-state index in [1.807, 2.05) is 18.2 Å². The van der Waals surface area contributed by atoms with Crippen molar-refractivity contribution >= 4 is 59.2 Å². The van der Waals surface area contributed by atoms with Crippen LogP contribution in [0.3, 0.4) is 0 Å². The van der Waals surface area contributed by atoms with Crippen LogP contribution >= 0.6 is 47.3 Å². The highest BCUT2D eigenvalue weighted by atomic mass is 127. The molecule has 1 amide bonds. The molecule has 2 rings (SSSR count). The molecule has 0 aliphatic carbocycles. The smallest absolute Gasteiger partial charge is 0.233 e. The number of likely N-dealkylation sites (N-methyl/N-ethyl adjacent to an activating group) is 1. The zero-order valence-electron chi connectivity index (χ0n) is 17.4. The number of carbonyl (C=O) groups is 1. The molecule has 1 aliphatic rings. The first kappa shape index (κ1) is 26.3. The number of rotatable bonds is 8. The maximum absolute atomic E-state index is 11.5.